The van der Waals surface area contributed by atoms with E-state index < -0.39 is 11.8 Å². The highest BCUT2D eigenvalue weighted by Gasteiger charge is 2.12. The molecule has 17 heavy (non-hydrogen) atoms. The minimum Gasteiger partial charge on any atom is -0.347 e. The molecule has 0 unspecified atom stereocenters. The summed E-state index contributed by atoms with van der Waals surface area (Å²) in [6, 6.07) is 5.02. The predicted octanol–water partition coefficient (Wildman–Crippen LogP) is 1.94. The van der Waals surface area contributed by atoms with Gasteiger partial charge in [0.2, 0.25) is 0 Å². The molecular weight excluding hydrogens is 263 g/mol. The number of hydrogen-bond acceptors (Lipinski definition) is 2. The molecule has 0 aliphatic carbocycles. The van der Waals surface area contributed by atoms with Crippen LogP contribution >= 0.6 is 23.2 Å². The predicted molar refractivity (Wildman–Crippen MR) is 68.5 cm³/mol. The molecule has 92 valence electrons. The number of aryl methyl sites for hydroxylation is 1. The van der Waals surface area contributed by atoms with Crippen LogP contribution in [-0.2, 0) is 9.59 Å². The van der Waals surface area contributed by atoms with Gasteiger partial charge in [-0.25, -0.2) is 0 Å². The molecule has 0 aromatic heterocycles. The molecule has 0 aliphatic heterocycles. The molecule has 0 bridgehead atoms. The van der Waals surface area contributed by atoms with Crippen molar-refractivity contribution in [2.24, 2.45) is 0 Å². The molecule has 0 fully saturated rings. The lowest BCUT2D eigenvalue weighted by Crippen LogP contribution is -2.36. The first-order valence-electron chi connectivity index (χ1n) is 4.96. The Morgan fingerprint density at radius 2 is 2.00 bits per heavy atom. The lowest BCUT2D eigenvalue weighted by Gasteiger charge is -2.06. The van der Waals surface area contributed by atoms with Crippen molar-refractivity contribution < 1.29 is 9.59 Å². The van der Waals surface area contributed by atoms with Gasteiger partial charge in [0.25, 0.3) is 0 Å². The van der Waals surface area contributed by atoms with Gasteiger partial charge in [-0.05, 0) is 24.6 Å². The molecule has 0 spiro atoms. The molecule has 1 aromatic carbocycles. The van der Waals surface area contributed by atoms with Crippen LogP contribution in [0.4, 0.5) is 5.69 Å². The van der Waals surface area contributed by atoms with Gasteiger partial charge in [-0.1, -0.05) is 17.7 Å². The van der Waals surface area contributed by atoms with Gasteiger partial charge >= 0.3 is 11.8 Å². The Morgan fingerprint density at radius 3 is 2.59 bits per heavy atom. The third-order valence-electron chi connectivity index (χ3n) is 2.02. The molecule has 0 saturated heterocycles. The van der Waals surface area contributed by atoms with Gasteiger partial charge in [0.05, 0.1) is 0 Å². The van der Waals surface area contributed by atoms with E-state index in [-0.39, 0.29) is 12.4 Å². The number of alkyl halides is 1. The van der Waals surface area contributed by atoms with Crippen LogP contribution in [0.5, 0.6) is 0 Å². The fourth-order valence-corrected chi connectivity index (χ4v) is 1.37. The fourth-order valence-electron chi connectivity index (χ4n) is 1.10. The van der Waals surface area contributed by atoms with Crippen LogP contribution in [0.3, 0.4) is 0 Å². The summed E-state index contributed by atoms with van der Waals surface area (Å²) in [6.45, 7) is 2.10. The second-order valence-corrected chi connectivity index (χ2v) is 4.15. The fraction of sp³-hybridized carbons (Fsp3) is 0.273. The van der Waals surface area contributed by atoms with Crippen LogP contribution in [0.1, 0.15) is 5.56 Å². The minimum absolute atomic E-state index is 0.252. The normalized spacial score (nSPS) is 9.82. The Kier molecular flexibility index (Phi) is 5.25. The molecule has 0 saturated carbocycles. The number of rotatable bonds is 3. The number of anilines is 1. The maximum absolute atomic E-state index is 11.4. The van der Waals surface area contributed by atoms with Crippen LogP contribution in [0.2, 0.25) is 5.02 Å². The van der Waals surface area contributed by atoms with Gasteiger partial charge in [0.1, 0.15) is 0 Å². The summed E-state index contributed by atoms with van der Waals surface area (Å²) in [4.78, 5) is 22.6. The van der Waals surface area contributed by atoms with E-state index >= 15 is 0 Å². The molecule has 1 aromatic rings. The van der Waals surface area contributed by atoms with Gasteiger partial charge in [-0.15, -0.1) is 11.6 Å². The minimum atomic E-state index is -0.741. The number of nitrogens with one attached hydrogen (secondary N) is 2. The molecule has 6 heteroatoms. The van der Waals surface area contributed by atoms with Crippen LogP contribution < -0.4 is 10.6 Å². The molecule has 0 atom stereocenters. The van der Waals surface area contributed by atoms with Gasteiger partial charge in [0, 0.05) is 23.1 Å². The number of hydrogen-bond donors (Lipinski definition) is 2. The zero-order chi connectivity index (χ0) is 12.8. The molecule has 4 nitrogen and oxygen atoms in total. The maximum atomic E-state index is 11.4. The van der Waals surface area contributed by atoms with Crippen LogP contribution in [0.15, 0.2) is 18.2 Å². The topological polar surface area (TPSA) is 58.2 Å². The summed E-state index contributed by atoms with van der Waals surface area (Å²) in [7, 11) is 0. The van der Waals surface area contributed by atoms with E-state index in [0.717, 1.165) is 5.56 Å². The van der Waals surface area contributed by atoms with Gasteiger partial charge in [-0.2, -0.15) is 0 Å². The molecule has 0 aliphatic rings. The Balaban J connectivity index is 2.61. The summed E-state index contributed by atoms with van der Waals surface area (Å²) < 4.78 is 0. The van der Waals surface area contributed by atoms with Crippen LogP contribution in [0.25, 0.3) is 0 Å². The highest BCUT2D eigenvalue weighted by Crippen LogP contribution is 2.19. The number of carbonyl (C=O) groups is 2. The second kappa shape index (κ2) is 6.47. The summed E-state index contributed by atoms with van der Waals surface area (Å²) >= 11 is 11.3. The quantitative estimate of drug-likeness (QED) is 0.654. The first-order chi connectivity index (χ1) is 8.04. The van der Waals surface area contributed by atoms with E-state index in [1.54, 1.807) is 18.2 Å². The van der Waals surface area contributed by atoms with E-state index in [9.17, 15) is 9.59 Å². The Morgan fingerprint density at radius 1 is 1.29 bits per heavy atom. The summed E-state index contributed by atoms with van der Waals surface area (Å²) in [6.07, 6.45) is 0. The largest absolute Gasteiger partial charge is 0.347 e. The highest BCUT2D eigenvalue weighted by atomic mass is 35.5. The number of benzene rings is 1. The highest BCUT2D eigenvalue weighted by molar-refractivity contribution is 6.40. The zero-order valence-corrected chi connectivity index (χ0v) is 10.7. The van der Waals surface area contributed by atoms with E-state index in [1.165, 1.54) is 0 Å². The van der Waals surface area contributed by atoms with Crippen molar-refractivity contribution in [3.8, 4) is 0 Å². The van der Waals surface area contributed by atoms with Crippen molar-refractivity contribution in [3.63, 3.8) is 0 Å². The average molecular weight is 275 g/mol. The molecule has 2 amide bonds. The molecule has 0 heterocycles. The van der Waals surface area contributed by atoms with Gasteiger partial charge < -0.3 is 10.6 Å². The molecule has 2 N–H and O–H groups in total. The van der Waals surface area contributed by atoms with Crippen LogP contribution in [0, 0.1) is 6.92 Å². The Bertz CT molecular complexity index is 435. The number of halogens is 2. The molecule has 1 rings (SSSR count). The lowest BCUT2D eigenvalue weighted by atomic mass is 10.2. The summed E-state index contributed by atoms with van der Waals surface area (Å²) in [5, 5.41) is 5.33. The van der Waals surface area contributed by atoms with Crippen LogP contribution in [-0.4, -0.2) is 24.2 Å². The van der Waals surface area contributed by atoms with Crippen molar-refractivity contribution in [1.82, 2.24) is 5.32 Å². The molecule has 0 radical (unpaired) electrons. The monoisotopic (exact) mass is 274 g/mol. The number of amides is 2. The third kappa shape index (κ3) is 4.24. The Labute approximate surface area is 109 Å². The summed E-state index contributed by atoms with van der Waals surface area (Å²) in [5.41, 5.74) is 1.38. The van der Waals surface area contributed by atoms with Crippen molar-refractivity contribution in [1.29, 1.82) is 0 Å². The van der Waals surface area contributed by atoms with Crippen molar-refractivity contribution in [3.05, 3.63) is 28.8 Å². The van der Waals surface area contributed by atoms with E-state index in [1.807, 2.05) is 6.92 Å². The smallest absolute Gasteiger partial charge is 0.313 e. The van der Waals surface area contributed by atoms with Gasteiger partial charge in [0.15, 0.2) is 0 Å². The third-order valence-corrected chi connectivity index (χ3v) is 2.61. The SMILES string of the molecule is Cc1ccc(NC(=O)C(=O)NCCCl)cc1Cl. The van der Waals surface area contributed by atoms with Crippen molar-refractivity contribution >= 4 is 40.7 Å². The van der Waals surface area contributed by atoms with Crippen molar-refractivity contribution in [2.45, 2.75) is 6.92 Å². The van der Waals surface area contributed by atoms with Crippen molar-refractivity contribution in [2.75, 3.05) is 17.7 Å². The first kappa shape index (κ1) is 13.8. The summed E-state index contributed by atoms with van der Waals surface area (Å²) in [5.74, 6) is -1.20. The standard InChI is InChI=1S/C11H12Cl2N2O2/c1-7-2-3-8(6-9(7)13)15-11(17)10(16)14-5-4-12/h2-3,6H,4-5H2,1H3,(H,14,16)(H,15,17). The number of carbonyl (C=O) groups excluding carboxylic acids is 2. The first-order valence-corrected chi connectivity index (χ1v) is 5.87. The average Bonchev–Trinajstić information content (AvgIpc) is 2.30. The lowest BCUT2D eigenvalue weighted by molar-refractivity contribution is -0.136. The van der Waals surface area contributed by atoms with E-state index in [4.69, 9.17) is 23.2 Å². The Hall–Kier alpha value is -1.26. The van der Waals surface area contributed by atoms with Gasteiger partial charge in [-0.3, -0.25) is 9.59 Å². The molecular formula is C11H12Cl2N2O2. The second-order valence-electron chi connectivity index (χ2n) is 3.36. The maximum Gasteiger partial charge on any atom is 0.313 e. The van der Waals surface area contributed by atoms with E-state index in [2.05, 4.69) is 10.6 Å². The zero-order valence-electron chi connectivity index (χ0n) is 9.22. The van der Waals surface area contributed by atoms with E-state index in [0.29, 0.717) is 10.7 Å².